The van der Waals surface area contributed by atoms with Crippen molar-refractivity contribution in [1.29, 1.82) is 0 Å². The number of likely N-dealkylation sites (tertiary alicyclic amines) is 1. The molecule has 3 nitrogen and oxygen atoms in total. The lowest BCUT2D eigenvalue weighted by Crippen LogP contribution is -2.45. The van der Waals surface area contributed by atoms with E-state index in [2.05, 4.69) is 5.32 Å². The molecule has 2 fully saturated rings. The quantitative estimate of drug-likeness (QED) is 0.908. The minimum absolute atomic E-state index is 0.126. The van der Waals surface area contributed by atoms with Gasteiger partial charge in [0.05, 0.1) is 5.92 Å². The SMILES string of the molecule is CC(C(=O)N1CCC2(CCNC2)CC1)c1cccc(F)c1. The van der Waals surface area contributed by atoms with E-state index < -0.39 is 0 Å². The maximum Gasteiger partial charge on any atom is 0.229 e. The summed E-state index contributed by atoms with van der Waals surface area (Å²) in [7, 11) is 0. The van der Waals surface area contributed by atoms with Gasteiger partial charge in [0.25, 0.3) is 0 Å². The van der Waals surface area contributed by atoms with Crippen LogP contribution in [0.4, 0.5) is 4.39 Å². The molecular weight excluding hydrogens is 267 g/mol. The molecule has 2 aliphatic heterocycles. The highest BCUT2D eigenvalue weighted by Crippen LogP contribution is 2.37. The summed E-state index contributed by atoms with van der Waals surface area (Å²) in [6.45, 7) is 5.74. The van der Waals surface area contributed by atoms with Crippen LogP contribution in [0.5, 0.6) is 0 Å². The number of benzene rings is 1. The largest absolute Gasteiger partial charge is 0.342 e. The van der Waals surface area contributed by atoms with Gasteiger partial charge in [-0.15, -0.1) is 0 Å². The second-order valence-electron chi connectivity index (χ2n) is 6.53. The van der Waals surface area contributed by atoms with E-state index >= 15 is 0 Å². The zero-order valence-corrected chi connectivity index (χ0v) is 12.6. The van der Waals surface area contributed by atoms with Crippen LogP contribution in [-0.4, -0.2) is 37.0 Å². The van der Waals surface area contributed by atoms with Gasteiger partial charge in [0.15, 0.2) is 0 Å². The normalized spacial score (nSPS) is 22.5. The second-order valence-corrected chi connectivity index (χ2v) is 6.53. The number of rotatable bonds is 2. The van der Waals surface area contributed by atoms with Crippen molar-refractivity contribution in [2.75, 3.05) is 26.2 Å². The van der Waals surface area contributed by atoms with E-state index in [9.17, 15) is 9.18 Å². The van der Waals surface area contributed by atoms with E-state index in [4.69, 9.17) is 0 Å². The molecule has 1 amide bonds. The molecule has 4 heteroatoms. The van der Waals surface area contributed by atoms with Gasteiger partial charge in [0.1, 0.15) is 5.82 Å². The lowest BCUT2D eigenvalue weighted by molar-refractivity contribution is -0.134. The summed E-state index contributed by atoms with van der Waals surface area (Å²) in [5.74, 6) is -0.417. The Balaban J connectivity index is 1.63. The number of halogens is 1. The minimum Gasteiger partial charge on any atom is -0.342 e. The van der Waals surface area contributed by atoms with E-state index in [0.29, 0.717) is 5.41 Å². The first-order chi connectivity index (χ1) is 10.1. The van der Waals surface area contributed by atoms with E-state index in [1.54, 1.807) is 6.07 Å². The summed E-state index contributed by atoms with van der Waals surface area (Å²) in [5, 5.41) is 3.44. The number of hydrogen-bond acceptors (Lipinski definition) is 2. The van der Waals surface area contributed by atoms with Crippen molar-refractivity contribution in [3.63, 3.8) is 0 Å². The topological polar surface area (TPSA) is 32.3 Å². The molecule has 2 aliphatic rings. The van der Waals surface area contributed by atoms with Gasteiger partial charge in [-0.05, 0) is 55.8 Å². The summed E-state index contributed by atoms with van der Waals surface area (Å²) < 4.78 is 13.3. The van der Waals surface area contributed by atoms with Gasteiger partial charge in [-0.3, -0.25) is 4.79 Å². The van der Waals surface area contributed by atoms with Crippen LogP contribution in [0, 0.1) is 11.2 Å². The summed E-state index contributed by atoms with van der Waals surface area (Å²) in [6.07, 6.45) is 3.40. The van der Waals surface area contributed by atoms with E-state index in [1.165, 1.54) is 18.6 Å². The predicted molar refractivity (Wildman–Crippen MR) is 80.5 cm³/mol. The average Bonchev–Trinajstić information content (AvgIpc) is 2.95. The Hall–Kier alpha value is -1.42. The third-order valence-corrected chi connectivity index (χ3v) is 5.19. The minimum atomic E-state index is -0.276. The lowest BCUT2D eigenvalue weighted by Gasteiger charge is -2.39. The molecular formula is C17H23FN2O. The molecule has 1 aromatic rings. The Kier molecular flexibility index (Phi) is 3.98. The number of nitrogens with one attached hydrogen (secondary N) is 1. The molecule has 3 rings (SSSR count). The number of carbonyl (C=O) groups is 1. The fourth-order valence-electron chi connectivity index (χ4n) is 3.62. The van der Waals surface area contributed by atoms with Crippen molar-refractivity contribution < 1.29 is 9.18 Å². The average molecular weight is 290 g/mol. The summed E-state index contributed by atoms with van der Waals surface area (Å²) >= 11 is 0. The number of amides is 1. The number of hydrogen-bond donors (Lipinski definition) is 1. The smallest absolute Gasteiger partial charge is 0.229 e. The fourth-order valence-corrected chi connectivity index (χ4v) is 3.62. The highest BCUT2D eigenvalue weighted by Gasteiger charge is 2.38. The van der Waals surface area contributed by atoms with Crippen LogP contribution in [0.2, 0.25) is 0 Å². The van der Waals surface area contributed by atoms with Gasteiger partial charge >= 0.3 is 0 Å². The van der Waals surface area contributed by atoms with Gasteiger partial charge < -0.3 is 10.2 Å². The van der Waals surface area contributed by atoms with Gasteiger partial charge in [-0.25, -0.2) is 4.39 Å². The van der Waals surface area contributed by atoms with Crippen molar-refractivity contribution in [2.45, 2.75) is 32.1 Å². The Morgan fingerprint density at radius 1 is 1.33 bits per heavy atom. The zero-order chi connectivity index (χ0) is 14.9. The molecule has 2 saturated heterocycles. The summed E-state index contributed by atoms with van der Waals surface area (Å²) in [5.41, 5.74) is 1.18. The maximum absolute atomic E-state index is 13.3. The molecule has 0 saturated carbocycles. The van der Waals surface area contributed by atoms with Crippen molar-refractivity contribution in [2.24, 2.45) is 5.41 Å². The van der Waals surface area contributed by atoms with Crippen molar-refractivity contribution in [3.05, 3.63) is 35.6 Å². The van der Waals surface area contributed by atoms with Crippen LogP contribution in [0.15, 0.2) is 24.3 Å². The Bertz CT molecular complexity index is 515. The highest BCUT2D eigenvalue weighted by atomic mass is 19.1. The first-order valence-corrected chi connectivity index (χ1v) is 7.85. The molecule has 1 N–H and O–H groups in total. The molecule has 21 heavy (non-hydrogen) atoms. The fraction of sp³-hybridized carbons (Fsp3) is 0.588. The van der Waals surface area contributed by atoms with Crippen LogP contribution < -0.4 is 5.32 Å². The molecule has 0 aliphatic carbocycles. The van der Waals surface area contributed by atoms with Gasteiger partial charge in [0.2, 0.25) is 5.91 Å². The molecule has 1 aromatic carbocycles. The molecule has 0 radical (unpaired) electrons. The van der Waals surface area contributed by atoms with E-state index in [1.807, 2.05) is 17.9 Å². The number of nitrogens with zero attached hydrogens (tertiary/aromatic N) is 1. The maximum atomic E-state index is 13.3. The molecule has 1 spiro atoms. The van der Waals surface area contributed by atoms with Crippen LogP contribution in [0.1, 0.15) is 37.7 Å². The zero-order valence-electron chi connectivity index (χ0n) is 12.6. The third-order valence-electron chi connectivity index (χ3n) is 5.19. The van der Waals surface area contributed by atoms with E-state index in [0.717, 1.165) is 44.6 Å². The van der Waals surface area contributed by atoms with E-state index in [-0.39, 0.29) is 17.6 Å². The number of piperidine rings is 1. The molecule has 1 unspecified atom stereocenters. The summed E-state index contributed by atoms with van der Waals surface area (Å²) in [6, 6.07) is 6.38. The van der Waals surface area contributed by atoms with Crippen LogP contribution >= 0.6 is 0 Å². The molecule has 2 heterocycles. The lowest BCUT2D eigenvalue weighted by atomic mass is 9.77. The Morgan fingerprint density at radius 2 is 2.10 bits per heavy atom. The Morgan fingerprint density at radius 3 is 2.71 bits per heavy atom. The van der Waals surface area contributed by atoms with Crippen LogP contribution in [-0.2, 0) is 4.79 Å². The molecule has 0 aromatic heterocycles. The second kappa shape index (κ2) is 5.76. The van der Waals surface area contributed by atoms with Gasteiger partial charge in [0, 0.05) is 19.6 Å². The van der Waals surface area contributed by atoms with Crippen molar-refractivity contribution in [1.82, 2.24) is 10.2 Å². The predicted octanol–water partition coefficient (Wildman–Crippen LogP) is 2.53. The van der Waals surface area contributed by atoms with Crippen LogP contribution in [0.25, 0.3) is 0 Å². The number of carbonyl (C=O) groups excluding carboxylic acids is 1. The molecule has 1 atom stereocenters. The first-order valence-electron chi connectivity index (χ1n) is 7.85. The van der Waals surface area contributed by atoms with Gasteiger partial charge in [-0.2, -0.15) is 0 Å². The molecule has 114 valence electrons. The molecule has 0 bridgehead atoms. The van der Waals surface area contributed by atoms with Crippen molar-refractivity contribution in [3.8, 4) is 0 Å². The van der Waals surface area contributed by atoms with Gasteiger partial charge in [-0.1, -0.05) is 12.1 Å². The third kappa shape index (κ3) is 2.95. The van der Waals surface area contributed by atoms with Crippen LogP contribution in [0.3, 0.4) is 0 Å². The standard InChI is InChI=1S/C17H23FN2O/c1-13(14-3-2-4-15(18)11-14)16(21)20-9-6-17(7-10-20)5-8-19-12-17/h2-4,11,13,19H,5-10,12H2,1H3. The highest BCUT2D eigenvalue weighted by molar-refractivity contribution is 5.83. The monoisotopic (exact) mass is 290 g/mol. The Labute approximate surface area is 125 Å². The first kappa shape index (κ1) is 14.5. The summed E-state index contributed by atoms with van der Waals surface area (Å²) in [4.78, 5) is 14.6. The van der Waals surface area contributed by atoms with Crippen molar-refractivity contribution >= 4 is 5.91 Å².